The first-order valence-corrected chi connectivity index (χ1v) is 13.9. The van der Waals surface area contributed by atoms with E-state index >= 15 is 0 Å². The number of H-pyrrole nitrogens is 1. The average Bonchev–Trinajstić information content (AvgIpc) is 3.40. The Bertz CT molecular complexity index is 1240. The van der Waals surface area contributed by atoms with Crippen LogP contribution in [0.5, 0.6) is 0 Å². The standard InChI is InChI=1S/C22H28Cl2N6O5S/c1-12(31)26-20-16(23)6-14(7-17(20)24)36(33,34)30-18-4-3-5-19(30)22(15(18)10-35-2)11-29(21(22)32)9-13-8-25-28-27-13/h6-8,15,18-19,21,32H,3-5,9-11H2,1-2H3,(H,26,31)(H,25,27,28)/t15-,18?,19?,21?,22?/m1/s1. The number of halogens is 2. The maximum Gasteiger partial charge on any atom is 0.243 e. The average molecular weight is 559 g/mol. The quantitative estimate of drug-likeness (QED) is 0.469. The Hall–Kier alpha value is -1.80. The summed E-state index contributed by atoms with van der Waals surface area (Å²) in [7, 11) is -2.45. The van der Waals surface area contributed by atoms with Crippen molar-refractivity contribution in [3.8, 4) is 0 Å². The number of piperidine rings is 1. The van der Waals surface area contributed by atoms with Crippen LogP contribution in [0.2, 0.25) is 10.0 Å². The molecule has 3 N–H and O–H groups in total. The normalized spacial score (nSPS) is 30.5. The number of aromatic amines is 1. The highest BCUT2D eigenvalue weighted by molar-refractivity contribution is 7.89. The van der Waals surface area contributed by atoms with Crippen LogP contribution in [0.4, 0.5) is 5.69 Å². The number of carbonyl (C=O) groups is 1. The summed E-state index contributed by atoms with van der Waals surface area (Å²) < 4.78 is 35.2. The SMILES string of the molecule is COC[C@@H]1C2CCCC(N2S(=O)(=O)c2cc(Cl)c(NC(C)=O)c(Cl)c2)C12CN(Cc1cn[nH]n1)C2O. The number of likely N-dealkylation sites (tertiary alicyclic amines) is 1. The minimum absolute atomic E-state index is 0.0336. The number of benzene rings is 1. The number of ether oxygens (including phenoxy) is 1. The molecule has 2 aromatic rings. The first-order valence-electron chi connectivity index (χ1n) is 11.7. The number of aromatic nitrogens is 3. The molecule has 5 rings (SSSR count). The van der Waals surface area contributed by atoms with Crippen LogP contribution >= 0.6 is 23.2 Å². The Balaban J connectivity index is 1.51. The van der Waals surface area contributed by atoms with Gasteiger partial charge in [0, 0.05) is 50.5 Å². The van der Waals surface area contributed by atoms with E-state index in [1.165, 1.54) is 19.1 Å². The second kappa shape index (κ2) is 9.50. The number of methoxy groups -OCH3 is 1. The van der Waals surface area contributed by atoms with Crippen LogP contribution in [0, 0.1) is 11.3 Å². The summed E-state index contributed by atoms with van der Waals surface area (Å²) in [6, 6.07) is 1.87. The molecule has 1 aromatic carbocycles. The molecule has 3 fully saturated rings. The summed E-state index contributed by atoms with van der Waals surface area (Å²) in [6.45, 7) is 2.54. The van der Waals surface area contributed by atoms with Crippen molar-refractivity contribution in [2.45, 2.75) is 55.9 Å². The molecule has 196 valence electrons. The van der Waals surface area contributed by atoms with Crippen LogP contribution in [0.3, 0.4) is 0 Å². The van der Waals surface area contributed by atoms with Gasteiger partial charge in [0.1, 0.15) is 6.23 Å². The molecule has 5 atom stereocenters. The fourth-order valence-electron chi connectivity index (χ4n) is 6.39. The van der Waals surface area contributed by atoms with Gasteiger partial charge in [-0.25, -0.2) is 8.42 Å². The van der Waals surface area contributed by atoms with Crippen molar-refractivity contribution in [2.75, 3.05) is 25.6 Å². The molecular formula is C22H28Cl2N6O5S. The van der Waals surface area contributed by atoms with E-state index in [9.17, 15) is 18.3 Å². The molecule has 36 heavy (non-hydrogen) atoms. The number of fused-ring (bicyclic) bond motifs is 3. The number of aliphatic hydroxyl groups is 1. The van der Waals surface area contributed by atoms with Crippen LogP contribution in [0.1, 0.15) is 31.9 Å². The highest BCUT2D eigenvalue weighted by Gasteiger charge is 2.71. The molecular weight excluding hydrogens is 531 g/mol. The Morgan fingerprint density at radius 1 is 1.33 bits per heavy atom. The van der Waals surface area contributed by atoms with E-state index in [-0.39, 0.29) is 38.5 Å². The van der Waals surface area contributed by atoms with Crippen LogP contribution in [-0.4, -0.2) is 82.6 Å². The van der Waals surface area contributed by atoms with Crippen LogP contribution in [0.25, 0.3) is 0 Å². The maximum atomic E-state index is 14.1. The van der Waals surface area contributed by atoms with Crippen molar-refractivity contribution < 1.29 is 23.1 Å². The minimum Gasteiger partial charge on any atom is -0.384 e. The van der Waals surface area contributed by atoms with Crippen molar-refractivity contribution in [3.63, 3.8) is 0 Å². The number of carbonyl (C=O) groups excluding carboxylic acids is 1. The summed E-state index contributed by atoms with van der Waals surface area (Å²) in [4.78, 5) is 13.3. The van der Waals surface area contributed by atoms with Crippen molar-refractivity contribution in [3.05, 3.63) is 34.1 Å². The molecule has 2 bridgehead atoms. The van der Waals surface area contributed by atoms with E-state index < -0.39 is 27.7 Å². The second-order valence-corrected chi connectivity index (χ2v) is 12.4. The van der Waals surface area contributed by atoms with E-state index in [1.54, 1.807) is 17.6 Å². The number of hydrogen-bond donors (Lipinski definition) is 3. The third-order valence-corrected chi connectivity index (χ3v) is 10.3. The van der Waals surface area contributed by atoms with Gasteiger partial charge < -0.3 is 15.2 Å². The lowest BCUT2D eigenvalue weighted by molar-refractivity contribution is -0.228. The topological polar surface area (TPSA) is 141 Å². The summed E-state index contributed by atoms with van der Waals surface area (Å²) in [5, 5.41) is 24.5. The number of nitrogens with zero attached hydrogens (tertiary/aromatic N) is 4. The van der Waals surface area contributed by atoms with Gasteiger partial charge in [-0.05, 0) is 25.0 Å². The lowest BCUT2D eigenvalue weighted by atomic mass is 9.64. The predicted molar refractivity (Wildman–Crippen MR) is 132 cm³/mol. The number of anilines is 1. The number of nitrogens with one attached hydrogen (secondary N) is 2. The Morgan fingerprint density at radius 3 is 2.64 bits per heavy atom. The molecule has 0 aliphatic carbocycles. The Kier molecular flexibility index (Phi) is 6.82. The summed E-state index contributed by atoms with van der Waals surface area (Å²) in [6.07, 6.45) is 2.87. The van der Waals surface area contributed by atoms with E-state index in [1.807, 2.05) is 4.90 Å². The number of hydrogen-bond acceptors (Lipinski definition) is 8. The molecule has 11 nitrogen and oxygen atoms in total. The molecule has 3 aliphatic heterocycles. The van der Waals surface area contributed by atoms with Gasteiger partial charge >= 0.3 is 0 Å². The van der Waals surface area contributed by atoms with E-state index in [4.69, 9.17) is 27.9 Å². The molecule has 3 saturated heterocycles. The number of rotatable bonds is 7. The molecule has 4 unspecified atom stereocenters. The van der Waals surface area contributed by atoms with Gasteiger partial charge in [0.25, 0.3) is 0 Å². The zero-order valence-corrected chi connectivity index (χ0v) is 22.1. The van der Waals surface area contributed by atoms with Gasteiger partial charge in [-0.15, -0.1) is 0 Å². The van der Waals surface area contributed by atoms with Crippen molar-refractivity contribution in [1.29, 1.82) is 0 Å². The number of aliphatic hydroxyl groups excluding tert-OH is 1. The van der Waals surface area contributed by atoms with Crippen LogP contribution in [-0.2, 0) is 26.1 Å². The molecule has 0 saturated carbocycles. The van der Waals surface area contributed by atoms with Crippen molar-refractivity contribution in [2.24, 2.45) is 11.3 Å². The zero-order valence-electron chi connectivity index (χ0n) is 19.8. The second-order valence-electron chi connectivity index (χ2n) is 9.71. The van der Waals surface area contributed by atoms with Gasteiger partial charge in [-0.2, -0.15) is 19.7 Å². The lowest BCUT2D eigenvalue weighted by Gasteiger charge is -2.58. The third kappa shape index (κ3) is 3.94. The molecule has 1 amide bonds. The Morgan fingerprint density at radius 2 is 2.06 bits per heavy atom. The van der Waals surface area contributed by atoms with Gasteiger partial charge in [-0.3, -0.25) is 9.69 Å². The minimum atomic E-state index is -4.04. The fraction of sp³-hybridized carbons (Fsp3) is 0.591. The number of sulfonamides is 1. The van der Waals surface area contributed by atoms with Gasteiger partial charge in [0.15, 0.2) is 0 Å². The summed E-state index contributed by atoms with van der Waals surface area (Å²) >= 11 is 12.7. The molecule has 4 heterocycles. The van der Waals surface area contributed by atoms with E-state index in [2.05, 4.69) is 20.7 Å². The van der Waals surface area contributed by atoms with Gasteiger partial charge in [-0.1, -0.05) is 29.6 Å². The lowest BCUT2D eigenvalue weighted by Crippen LogP contribution is -2.71. The van der Waals surface area contributed by atoms with E-state index in [0.717, 1.165) is 6.42 Å². The fourth-order valence-corrected chi connectivity index (χ4v) is 9.12. The summed E-state index contributed by atoms with van der Waals surface area (Å²) in [5.41, 5.74) is 0.178. The first kappa shape index (κ1) is 25.8. The van der Waals surface area contributed by atoms with Crippen molar-refractivity contribution >= 4 is 44.8 Å². The molecule has 14 heteroatoms. The predicted octanol–water partition coefficient (Wildman–Crippen LogP) is 2.08. The van der Waals surface area contributed by atoms with Gasteiger partial charge in [0.05, 0.1) is 39.1 Å². The smallest absolute Gasteiger partial charge is 0.243 e. The maximum absolute atomic E-state index is 14.1. The monoisotopic (exact) mass is 558 g/mol. The van der Waals surface area contributed by atoms with E-state index in [0.29, 0.717) is 38.2 Å². The highest BCUT2D eigenvalue weighted by Crippen LogP contribution is 2.60. The van der Waals surface area contributed by atoms with Crippen LogP contribution < -0.4 is 5.32 Å². The molecule has 0 radical (unpaired) electrons. The highest BCUT2D eigenvalue weighted by atomic mass is 35.5. The third-order valence-electron chi connectivity index (χ3n) is 7.76. The largest absolute Gasteiger partial charge is 0.384 e. The Labute approximate surface area is 219 Å². The first-order chi connectivity index (χ1) is 17.1. The number of amides is 1. The van der Waals surface area contributed by atoms with Crippen LogP contribution in [0.15, 0.2) is 23.2 Å². The molecule has 1 spiro atoms. The molecule has 1 aromatic heterocycles. The van der Waals surface area contributed by atoms with Gasteiger partial charge in [0.2, 0.25) is 15.9 Å². The molecule has 3 aliphatic rings. The zero-order chi connectivity index (χ0) is 25.8. The van der Waals surface area contributed by atoms with Crippen molar-refractivity contribution in [1.82, 2.24) is 24.6 Å². The summed E-state index contributed by atoms with van der Waals surface area (Å²) in [5.74, 6) is -0.570.